The number of carbonyl (C=O) groups is 1. The first-order valence-corrected chi connectivity index (χ1v) is 8.94. The molecule has 1 saturated heterocycles. The highest BCUT2D eigenvalue weighted by Gasteiger charge is 2.22. The second kappa shape index (κ2) is 9.28. The Bertz CT molecular complexity index is 586. The highest BCUT2D eigenvalue weighted by molar-refractivity contribution is 5.74. The van der Waals surface area contributed by atoms with Crippen LogP contribution in [0.15, 0.2) is 24.3 Å². The minimum Gasteiger partial charge on any atom is -0.394 e. The van der Waals surface area contributed by atoms with Crippen molar-refractivity contribution in [3.8, 4) is 6.07 Å². The van der Waals surface area contributed by atoms with Gasteiger partial charge in [-0.1, -0.05) is 13.8 Å². The van der Waals surface area contributed by atoms with Crippen molar-refractivity contribution in [2.24, 2.45) is 5.92 Å². The number of hydrogen-bond acceptors (Lipinski definition) is 4. The van der Waals surface area contributed by atoms with Gasteiger partial charge < -0.3 is 20.6 Å². The number of nitriles is 1. The number of aliphatic hydroxyl groups excluding tert-OH is 1. The molecule has 6 heteroatoms. The van der Waals surface area contributed by atoms with E-state index in [0.29, 0.717) is 11.5 Å². The Morgan fingerprint density at radius 2 is 1.96 bits per heavy atom. The molecule has 1 atom stereocenters. The van der Waals surface area contributed by atoms with Gasteiger partial charge in [-0.25, -0.2) is 4.79 Å². The Morgan fingerprint density at radius 1 is 1.32 bits per heavy atom. The van der Waals surface area contributed by atoms with Crippen LogP contribution in [0.5, 0.6) is 0 Å². The molecule has 1 fully saturated rings. The Morgan fingerprint density at radius 3 is 2.48 bits per heavy atom. The minimum atomic E-state index is -0.198. The summed E-state index contributed by atoms with van der Waals surface area (Å²) in [4.78, 5) is 14.4. The Balaban J connectivity index is 1.77. The van der Waals surface area contributed by atoms with Crippen molar-refractivity contribution in [1.82, 2.24) is 10.6 Å². The first kappa shape index (κ1) is 19.1. The van der Waals surface area contributed by atoms with Gasteiger partial charge in [-0.3, -0.25) is 0 Å². The third-order valence-corrected chi connectivity index (χ3v) is 4.50. The molecule has 0 aliphatic carbocycles. The van der Waals surface area contributed by atoms with Crippen LogP contribution in [0.1, 0.15) is 38.7 Å². The van der Waals surface area contributed by atoms with Crippen LogP contribution in [0.2, 0.25) is 0 Å². The molecule has 1 unspecified atom stereocenters. The van der Waals surface area contributed by atoms with Crippen molar-refractivity contribution >= 4 is 11.7 Å². The van der Waals surface area contributed by atoms with Crippen LogP contribution in [0.4, 0.5) is 10.5 Å². The van der Waals surface area contributed by atoms with Gasteiger partial charge in [0.25, 0.3) is 0 Å². The molecule has 2 amide bonds. The van der Waals surface area contributed by atoms with Crippen molar-refractivity contribution in [2.75, 3.05) is 24.6 Å². The number of aliphatic hydroxyl groups is 1. The summed E-state index contributed by atoms with van der Waals surface area (Å²) < 4.78 is 0. The number of carbonyl (C=O) groups excluding carboxylic acids is 1. The molecule has 1 aliphatic rings. The molecule has 0 radical (unpaired) electrons. The molecule has 1 aromatic carbocycles. The Labute approximate surface area is 149 Å². The van der Waals surface area contributed by atoms with E-state index in [2.05, 4.69) is 35.5 Å². The first-order valence-electron chi connectivity index (χ1n) is 8.94. The standard InChI is InChI=1S/C19H28N4O2/c1-14(2)11-17(13-24)22-19(25)21-16-7-9-23(10-8-16)18-5-3-15(12-20)4-6-18/h3-6,14,16-17,24H,7-11,13H2,1-2H3,(H2,21,22,25). The van der Waals surface area contributed by atoms with Crippen LogP contribution in [0.25, 0.3) is 0 Å². The van der Waals surface area contributed by atoms with Gasteiger partial charge in [-0.05, 0) is 49.4 Å². The number of anilines is 1. The van der Waals surface area contributed by atoms with Crippen molar-refractivity contribution in [3.63, 3.8) is 0 Å². The van der Waals surface area contributed by atoms with E-state index < -0.39 is 0 Å². The van der Waals surface area contributed by atoms with Crippen LogP contribution >= 0.6 is 0 Å². The highest BCUT2D eigenvalue weighted by atomic mass is 16.3. The summed E-state index contributed by atoms with van der Waals surface area (Å²) in [5, 5.41) is 24.1. The summed E-state index contributed by atoms with van der Waals surface area (Å²) in [6.45, 7) is 5.84. The van der Waals surface area contributed by atoms with Gasteiger partial charge in [0.2, 0.25) is 0 Å². The second-order valence-corrected chi connectivity index (χ2v) is 7.05. The lowest BCUT2D eigenvalue weighted by Crippen LogP contribution is -2.51. The predicted octanol–water partition coefficient (Wildman–Crippen LogP) is 2.23. The van der Waals surface area contributed by atoms with Gasteiger partial charge in [0.15, 0.2) is 0 Å². The molecular formula is C19H28N4O2. The second-order valence-electron chi connectivity index (χ2n) is 7.05. The van der Waals surface area contributed by atoms with E-state index >= 15 is 0 Å². The lowest BCUT2D eigenvalue weighted by atomic mass is 10.0. The van der Waals surface area contributed by atoms with E-state index in [9.17, 15) is 9.90 Å². The molecule has 1 heterocycles. The number of urea groups is 1. The smallest absolute Gasteiger partial charge is 0.315 e. The van der Waals surface area contributed by atoms with Crippen LogP contribution in [-0.2, 0) is 0 Å². The topological polar surface area (TPSA) is 88.4 Å². The molecule has 2 rings (SSSR count). The van der Waals surface area contributed by atoms with Crippen molar-refractivity contribution in [1.29, 1.82) is 5.26 Å². The maximum absolute atomic E-state index is 12.1. The zero-order valence-corrected chi connectivity index (χ0v) is 15.0. The molecule has 136 valence electrons. The van der Waals surface area contributed by atoms with Gasteiger partial charge >= 0.3 is 6.03 Å². The van der Waals surface area contributed by atoms with Crippen LogP contribution < -0.4 is 15.5 Å². The number of rotatable bonds is 6. The van der Waals surface area contributed by atoms with Crippen LogP contribution in [0, 0.1) is 17.2 Å². The highest BCUT2D eigenvalue weighted by Crippen LogP contribution is 2.20. The fourth-order valence-electron chi connectivity index (χ4n) is 3.19. The fourth-order valence-corrected chi connectivity index (χ4v) is 3.19. The maximum Gasteiger partial charge on any atom is 0.315 e. The Hall–Kier alpha value is -2.26. The maximum atomic E-state index is 12.1. The third kappa shape index (κ3) is 5.95. The summed E-state index contributed by atoms with van der Waals surface area (Å²) in [5.74, 6) is 0.424. The molecular weight excluding hydrogens is 316 g/mol. The van der Waals surface area contributed by atoms with E-state index in [1.807, 2.05) is 24.3 Å². The van der Waals surface area contributed by atoms with Gasteiger partial charge in [-0.2, -0.15) is 5.26 Å². The molecule has 0 aromatic heterocycles. The van der Waals surface area contributed by atoms with E-state index in [4.69, 9.17) is 5.26 Å². The van der Waals surface area contributed by atoms with Crippen molar-refractivity contribution in [3.05, 3.63) is 29.8 Å². The summed E-state index contributed by atoms with van der Waals surface area (Å²) in [6.07, 6.45) is 2.52. The summed E-state index contributed by atoms with van der Waals surface area (Å²) in [7, 11) is 0. The quantitative estimate of drug-likeness (QED) is 0.738. The number of amides is 2. The Kier molecular flexibility index (Phi) is 7.08. The van der Waals surface area contributed by atoms with E-state index in [1.165, 1.54) is 0 Å². The monoisotopic (exact) mass is 344 g/mol. The average molecular weight is 344 g/mol. The average Bonchev–Trinajstić information content (AvgIpc) is 2.61. The number of hydrogen-bond donors (Lipinski definition) is 3. The molecule has 25 heavy (non-hydrogen) atoms. The van der Waals surface area contributed by atoms with Gasteiger partial charge in [0.05, 0.1) is 24.3 Å². The molecule has 1 aliphatic heterocycles. The van der Waals surface area contributed by atoms with E-state index in [1.54, 1.807) is 0 Å². The minimum absolute atomic E-state index is 0.0390. The predicted molar refractivity (Wildman–Crippen MR) is 98.4 cm³/mol. The molecule has 3 N–H and O–H groups in total. The number of nitrogens with zero attached hydrogens (tertiary/aromatic N) is 2. The largest absolute Gasteiger partial charge is 0.394 e. The molecule has 0 bridgehead atoms. The van der Waals surface area contributed by atoms with Gasteiger partial charge in [0, 0.05) is 24.8 Å². The van der Waals surface area contributed by atoms with Gasteiger partial charge in [-0.15, -0.1) is 0 Å². The number of nitrogens with one attached hydrogen (secondary N) is 2. The van der Waals surface area contributed by atoms with Gasteiger partial charge in [0.1, 0.15) is 0 Å². The molecule has 1 aromatic rings. The summed E-state index contributed by atoms with van der Waals surface area (Å²) in [5.41, 5.74) is 1.77. The summed E-state index contributed by atoms with van der Waals surface area (Å²) in [6, 6.07) is 9.48. The van der Waals surface area contributed by atoms with Crippen molar-refractivity contribution < 1.29 is 9.90 Å². The molecule has 0 spiro atoms. The molecule has 6 nitrogen and oxygen atoms in total. The van der Waals surface area contributed by atoms with Crippen LogP contribution in [0.3, 0.4) is 0 Å². The number of piperidine rings is 1. The number of benzene rings is 1. The van der Waals surface area contributed by atoms with Crippen LogP contribution in [-0.4, -0.2) is 42.9 Å². The third-order valence-electron chi connectivity index (χ3n) is 4.50. The van der Waals surface area contributed by atoms with Crippen molar-refractivity contribution in [2.45, 2.75) is 45.2 Å². The lowest BCUT2D eigenvalue weighted by Gasteiger charge is -2.34. The summed E-state index contributed by atoms with van der Waals surface area (Å²) >= 11 is 0. The zero-order valence-electron chi connectivity index (χ0n) is 15.0. The lowest BCUT2D eigenvalue weighted by molar-refractivity contribution is 0.203. The van der Waals surface area contributed by atoms with E-state index in [0.717, 1.165) is 38.0 Å². The molecule has 0 saturated carbocycles. The normalized spacial score (nSPS) is 16.4. The first-order chi connectivity index (χ1) is 12.0. The fraction of sp³-hybridized carbons (Fsp3) is 0.579. The van der Waals surface area contributed by atoms with E-state index in [-0.39, 0.29) is 24.7 Å². The SMILES string of the molecule is CC(C)CC(CO)NC(=O)NC1CCN(c2ccc(C#N)cc2)CC1. The zero-order chi connectivity index (χ0) is 18.2.